The fourth-order valence-corrected chi connectivity index (χ4v) is 1.28. The van der Waals surface area contributed by atoms with E-state index < -0.39 is 0 Å². The number of thiocarbonyl (C=S) groups is 1. The summed E-state index contributed by atoms with van der Waals surface area (Å²) >= 11 is 4.73. The van der Waals surface area contributed by atoms with Crippen molar-refractivity contribution in [1.29, 1.82) is 0 Å². The van der Waals surface area contributed by atoms with Crippen LogP contribution in [0, 0.1) is 0 Å². The van der Waals surface area contributed by atoms with Gasteiger partial charge in [0.05, 0.1) is 5.69 Å². The molecule has 0 spiro atoms. The average Bonchev–Trinajstić information content (AvgIpc) is 2.35. The smallest absolute Gasteiger partial charge is 0.250 e. The highest BCUT2D eigenvalue weighted by Crippen LogP contribution is 2.23. The molecule has 0 saturated carbocycles. The summed E-state index contributed by atoms with van der Waals surface area (Å²) in [5.41, 5.74) is 5.92. The van der Waals surface area contributed by atoms with Gasteiger partial charge in [0.2, 0.25) is 5.91 Å². The van der Waals surface area contributed by atoms with Crippen molar-refractivity contribution in [2.75, 3.05) is 25.1 Å². The van der Waals surface area contributed by atoms with Gasteiger partial charge in [-0.05, 0) is 19.1 Å². The lowest BCUT2D eigenvalue weighted by molar-refractivity contribution is -0.120. The van der Waals surface area contributed by atoms with E-state index >= 15 is 0 Å². The number of nitrogens with one attached hydrogen (secondary N) is 1. The summed E-state index contributed by atoms with van der Waals surface area (Å²) < 4.78 is 10.4. The Bertz CT molecular complexity index is 424. The van der Waals surface area contributed by atoms with Crippen molar-refractivity contribution in [3.8, 4) is 5.75 Å². The Kier molecular flexibility index (Phi) is 6.10. The number of nitrogens with two attached hydrogens (primary N) is 1. The second-order valence-electron chi connectivity index (χ2n) is 3.44. The number of benzene rings is 1. The van der Waals surface area contributed by atoms with Crippen LogP contribution < -0.4 is 15.8 Å². The molecular weight excluding hydrogens is 252 g/mol. The molecule has 0 bridgehead atoms. The van der Waals surface area contributed by atoms with Gasteiger partial charge < -0.3 is 20.5 Å². The van der Waals surface area contributed by atoms with E-state index in [1.54, 1.807) is 24.3 Å². The molecule has 0 aliphatic heterocycles. The van der Waals surface area contributed by atoms with Crippen LogP contribution in [0.2, 0.25) is 0 Å². The second kappa shape index (κ2) is 7.62. The third-order valence-corrected chi connectivity index (χ3v) is 2.09. The standard InChI is InChI=1S/C12H16N2O3S/c1-2-16-8-12(15)14-9-5-3-4-6-10(9)17-7-11(13)18/h3-6H,2,7-8H2,1H3,(H2,13,18)(H,14,15). The second-order valence-corrected chi connectivity index (χ2v) is 3.96. The Morgan fingerprint density at radius 3 is 2.78 bits per heavy atom. The van der Waals surface area contributed by atoms with Crippen molar-refractivity contribution in [3.05, 3.63) is 24.3 Å². The van der Waals surface area contributed by atoms with E-state index in [0.29, 0.717) is 18.0 Å². The molecule has 1 aromatic rings. The van der Waals surface area contributed by atoms with Crippen molar-refractivity contribution in [2.24, 2.45) is 5.73 Å². The van der Waals surface area contributed by atoms with Crippen LogP contribution in [-0.4, -0.2) is 30.7 Å². The highest BCUT2D eigenvalue weighted by molar-refractivity contribution is 7.80. The van der Waals surface area contributed by atoms with Gasteiger partial charge in [-0.3, -0.25) is 4.79 Å². The number of para-hydroxylation sites is 2. The molecule has 0 unspecified atom stereocenters. The van der Waals surface area contributed by atoms with Gasteiger partial charge in [-0.2, -0.15) is 0 Å². The number of hydrogen-bond donors (Lipinski definition) is 2. The molecule has 0 heterocycles. The molecular formula is C12H16N2O3S. The average molecular weight is 268 g/mol. The summed E-state index contributed by atoms with van der Waals surface area (Å²) in [7, 11) is 0. The minimum absolute atomic E-state index is 0.0140. The quantitative estimate of drug-likeness (QED) is 0.730. The van der Waals surface area contributed by atoms with Gasteiger partial charge in [0.15, 0.2) is 0 Å². The maximum Gasteiger partial charge on any atom is 0.250 e. The molecule has 0 atom stereocenters. The van der Waals surface area contributed by atoms with E-state index in [0.717, 1.165) is 0 Å². The summed E-state index contributed by atoms with van der Waals surface area (Å²) in [5.74, 6) is 0.290. The number of rotatable bonds is 7. The SMILES string of the molecule is CCOCC(=O)Nc1ccccc1OCC(N)=S. The summed E-state index contributed by atoms with van der Waals surface area (Å²) in [6, 6.07) is 7.06. The molecule has 0 aliphatic carbocycles. The highest BCUT2D eigenvalue weighted by atomic mass is 32.1. The normalized spacial score (nSPS) is 9.83. The Morgan fingerprint density at radius 2 is 2.11 bits per heavy atom. The fraction of sp³-hybridized carbons (Fsp3) is 0.333. The fourth-order valence-electron chi connectivity index (χ4n) is 1.23. The summed E-state index contributed by atoms with van der Waals surface area (Å²) in [5, 5.41) is 2.70. The van der Waals surface area contributed by atoms with E-state index in [1.807, 2.05) is 6.92 Å². The van der Waals surface area contributed by atoms with Crippen LogP contribution >= 0.6 is 12.2 Å². The van der Waals surface area contributed by atoms with Crippen LogP contribution in [0.4, 0.5) is 5.69 Å². The third kappa shape index (κ3) is 5.11. The first kappa shape index (κ1) is 14.4. The van der Waals surface area contributed by atoms with Crippen LogP contribution in [-0.2, 0) is 9.53 Å². The lowest BCUT2D eigenvalue weighted by Crippen LogP contribution is -2.21. The molecule has 5 nitrogen and oxygen atoms in total. The van der Waals surface area contributed by atoms with Crippen LogP contribution in [0.1, 0.15) is 6.92 Å². The molecule has 98 valence electrons. The minimum atomic E-state index is -0.233. The molecule has 0 aliphatic rings. The van der Waals surface area contributed by atoms with Crippen LogP contribution in [0.3, 0.4) is 0 Å². The molecule has 18 heavy (non-hydrogen) atoms. The van der Waals surface area contributed by atoms with Crippen LogP contribution in [0.25, 0.3) is 0 Å². The van der Waals surface area contributed by atoms with Gasteiger partial charge in [0.25, 0.3) is 0 Å². The van der Waals surface area contributed by atoms with Gasteiger partial charge in [0.1, 0.15) is 24.0 Å². The zero-order valence-corrected chi connectivity index (χ0v) is 11.0. The molecule has 1 aromatic carbocycles. The Hall–Kier alpha value is -1.66. The lowest BCUT2D eigenvalue weighted by atomic mass is 10.3. The Labute approximate surface area is 111 Å². The lowest BCUT2D eigenvalue weighted by Gasteiger charge is -2.11. The maximum absolute atomic E-state index is 11.5. The largest absolute Gasteiger partial charge is 0.484 e. The highest BCUT2D eigenvalue weighted by Gasteiger charge is 2.07. The van der Waals surface area contributed by atoms with E-state index in [4.69, 9.17) is 27.4 Å². The molecule has 1 rings (SSSR count). The summed E-state index contributed by atoms with van der Waals surface area (Å²) in [4.78, 5) is 11.8. The first-order valence-corrected chi connectivity index (χ1v) is 5.92. The molecule has 3 N–H and O–H groups in total. The maximum atomic E-state index is 11.5. The Morgan fingerprint density at radius 1 is 1.39 bits per heavy atom. The molecule has 6 heteroatoms. The van der Waals surface area contributed by atoms with Crippen molar-refractivity contribution >= 4 is 28.8 Å². The predicted octanol–water partition coefficient (Wildman–Crippen LogP) is 1.33. The number of amides is 1. The van der Waals surface area contributed by atoms with Crippen molar-refractivity contribution < 1.29 is 14.3 Å². The van der Waals surface area contributed by atoms with Gasteiger partial charge in [-0.15, -0.1) is 0 Å². The van der Waals surface area contributed by atoms with Gasteiger partial charge in [-0.25, -0.2) is 0 Å². The first-order chi connectivity index (χ1) is 8.63. The minimum Gasteiger partial charge on any atom is -0.484 e. The molecule has 0 radical (unpaired) electrons. The van der Waals surface area contributed by atoms with Crippen LogP contribution in [0.5, 0.6) is 5.75 Å². The predicted molar refractivity (Wildman–Crippen MR) is 73.8 cm³/mol. The number of ether oxygens (including phenoxy) is 2. The zero-order valence-electron chi connectivity index (χ0n) is 10.1. The van der Waals surface area contributed by atoms with E-state index in [2.05, 4.69) is 5.32 Å². The molecule has 0 aromatic heterocycles. The molecule has 1 amide bonds. The Balaban J connectivity index is 2.63. The third-order valence-electron chi connectivity index (χ3n) is 1.97. The van der Waals surface area contributed by atoms with E-state index in [9.17, 15) is 4.79 Å². The van der Waals surface area contributed by atoms with Gasteiger partial charge >= 0.3 is 0 Å². The molecule has 0 fully saturated rings. The van der Waals surface area contributed by atoms with Crippen molar-refractivity contribution in [3.63, 3.8) is 0 Å². The van der Waals surface area contributed by atoms with E-state index in [1.165, 1.54) is 0 Å². The van der Waals surface area contributed by atoms with Gasteiger partial charge in [-0.1, -0.05) is 24.4 Å². The summed E-state index contributed by atoms with van der Waals surface area (Å²) in [6.07, 6.45) is 0. The zero-order chi connectivity index (χ0) is 13.4. The topological polar surface area (TPSA) is 73.6 Å². The van der Waals surface area contributed by atoms with E-state index in [-0.39, 0.29) is 24.1 Å². The van der Waals surface area contributed by atoms with Gasteiger partial charge in [0, 0.05) is 6.61 Å². The summed E-state index contributed by atoms with van der Waals surface area (Å²) in [6.45, 7) is 2.47. The van der Waals surface area contributed by atoms with Crippen molar-refractivity contribution in [1.82, 2.24) is 0 Å². The molecule has 0 saturated heterocycles. The monoisotopic (exact) mass is 268 g/mol. The number of hydrogen-bond acceptors (Lipinski definition) is 4. The number of carbonyl (C=O) groups is 1. The number of anilines is 1. The van der Waals surface area contributed by atoms with Crippen LogP contribution in [0.15, 0.2) is 24.3 Å². The number of carbonyl (C=O) groups excluding carboxylic acids is 1. The van der Waals surface area contributed by atoms with Crippen molar-refractivity contribution in [2.45, 2.75) is 6.92 Å². The first-order valence-electron chi connectivity index (χ1n) is 5.51.